The molecule has 33 atom stereocenters. The lowest BCUT2D eigenvalue weighted by Crippen LogP contribution is -2.64. The molecule has 0 saturated carbocycles. The van der Waals surface area contributed by atoms with E-state index in [9.17, 15) is 5.11 Å². The van der Waals surface area contributed by atoms with Crippen molar-refractivity contribution >= 4 is 0 Å². The lowest BCUT2D eigenvalue weighted by molar-refractivity contribution is -0.322. The van der Waals surface area contributed by atoms with E-state index in [1.807, 2.05) is 25.9 Å². The Bertz CT molecular complexity index is 2330. The van der Waals surface area contributed by atoms with Crippen molar-refractivity contribution in [2.24, 2.45) is 110 Å². The number of aliphatic hydroxyl groups excluding tert-OH is 1. The molecule has 8 rings (SSSR count). The van der Waals surface area contributed by atoms with Crippen LogP contribution in [-0.4, -0.2) is 172 Å². The Kier molecular flexibility index (Phi) is 31.2. The standard InChI is InChI=1S/2C22H42O3.C20H39NO5.C20H38O3/c2*1-12(2)18-14(4)22(10,11)19(17(7)23-18)25-20-15(5)21(8,9)13(3)16(6)24-20;1-11(2)18-17(22)16(21(7)8)19(14(5)25-18)26-15-10-20(6,23-9)12(3)13(4)24-15;1-11(2)18-12(3)13(4)19(16(7)22-18)23-17-10-20(8,9)14(5)15(6)21-17/h2*12-20H,1-11H3;11-19,22H,10H2,1-9H3;11-19H,10H2,1-9H3/t2*13-,14?,15?,16?,17?,18-,19+,20-;12-,13?,14?,15-,16?,17?,18-,19+,20?;12?,13?,14-,15?,16?,17-,18-,19-/m0000/s1. The van der Waals surface area contributed by atoms with E-state index in [1.165, 1.54) is 0 Å². The van der Waals surface area contributed by atoms with Crippen LogP contribution in [0.5, 0.6) is 0 Å². The summed E-state index contributed by atoms with van der Waals surface area (Å²) in [4.78, 5) is 2.04. The first-order valence-corrected chi connectivity index (χ1v) is 39.9. The average molecular weight is 1410 g/mol. The van der Waals surface area contributed by atoms with E-state index in [0.717, 1.165) is 6.42 Å². The van der Waals surface area contributed by atoms with E-state index < -0.39 is 6.10 Å². The van der Waals surface area contributed by atoms with Crippen molar-refractivity contribution in [3.8, 4) is 0 Å². The van der Waals surface area contributed by atoms with Crippen molar-refractivity contribution in [2.45, 2.75) is 410 Å². The third-order valence-corrected chi connectivity index (χ3v) is 29.0. The first kappa shape index (κ1) is 89.0. The first-order valence-electron chi connectivity index (χ1n) is 39.9. The number of hydrogen-bond donors (Lipinski definition) is 1. The predicted molar refractivity (Wildman–Crippen MR) is 402 cm³/mol. The van der Waals surface area contributed by atoms with Gasteiger partial charge in [-0.1, -0.05) is 194 Å². The molecule has 8 heterocycles. The Morgan fingerprint density at radius 3 is 1.06 bits per heavy atom. The van der Waals surface area contributed by atoms with Crippen molar-refractivity contribution in [1.29, 1.82) is 0 Å². The molecule has 586 valence electrons. The SMILES string of the molecule is CC(C)[C@@H]1OC(C)[C@@H](O[C@@H]2OC(C)[C@H](C)C(C)(C)C2C)C(C)(C)C1C.CC(C)[C@@H]1OC(C)[C@@H](O[C@@H]2OC(C)[C@H](C)C(C)(C)C2C)C(C)(C)C1C.CC(C)[C@@H]1OC(C)[C@@H](O[C@H]2CC(C)(C)[C@@H](C)C(C)O2)C(C)C1C.COC1(C)C[C@H](O[C@@H]2C(C)O[C@@H](C(C)C)C(O)C2N(C)C)OC(C)[C@@H]1C. The second kappa shape index (κ2) is 34.7. The van der Waals surface area contributed by atoms with Gasteiger partial charge in [0.05, 0.1) is 109 Å². The van der Waals surface area contributed by atoms with Crippen molar-refractivity contribution in [3.05, 3.63) is 0 Å². The van der Waals surface area contributed by atoms with E-state index in [4.69, 9.17) is 61.6 Å². The molecule has 0 aromatic heterocycles. The quantitative estimate of drug-likeness (QED) is 0.176. The van der Waals surface area contributed by atoms with Gasteiger partial charge in [-0.2, -0.15) is 0 Å². The number of hydrogen-bond acceptors (Lipinski definition) is 15. The maximum Gasteiger partial charge on any atom is 0.161 e. The second-order valence-electron chi connectivity index (χ2n) is 38.6. The summed E-state index contributed by atoms with van der Waals surface area (Å²) in [6.45, 7) is 83.1. The van der Waals surface area contributed by atoms with E-state index >= 15 is 0 Å². The second-order valence-corrected chi connectivity index (χ2v) is 38.6. The van der Waals surface area contributed by atoms with Gasteiger partial charge in [0.25, 0.3) is 0 Å². The summed E-state index contributed by atoms with van der Waals surface area (Å²) in [5.74, 6) is 6.21. The smallest absolute Gasteiger partial charge is 0.161 e. The molecule has 8 saturated heterocycles. The zero-order valence-electron chi connectivity index (χ0n) is 71.4. The molecule has 8 aliphatic heterocycles. The van der Waals surface area contributed by atoms with Crippen LogP contribution in [0.25, 0.3) is 0 Å². The molecule has 0 aliphatic carbocycles. The number of methoxy groups -OCH3 is 1. The molecule has 0 aromatic rings. The Balaban J connectivity index is 0.000000238. The minimum Gasteiger partial charge on any atom is -0.389 e. The molecule has 8 fully saturated rings. The molecular weight excluding hydrogens is 1250 g/mol. The summed E-state index contributed by atoms with van der Waals surface area (Å²) in [5, 5.41) is 10.9. The van der Waals surface area contributed by atoms with Crippen LogP contribution in [0.4, 0.5) is 0 Å². The van der Waals surface area contributed by atoms with Crippen LogP contribution in [0.1, 0.15) is 269 Å². The summed E-state index contributed by atoms with van der Waals surface area (Å²) in [6, 6.07) is -0.154. The van der Waals surface area contributed by atoms with Gasteiger partial charge in [-0.3, -0.25) is 0 Å². The van der Waals surface area contributed by atoms with Crippen LogP contribution in [-0.2, 0) is 61.6 Å². The molecule has 15 heteroatoms. The molecule has 15 nitrogen and oxygen atoms in total. The highest BCUT2D eigenvalue weighted by atomic mass is 16.7. The highest BCUT2D eigenvalue weighted by Crippen LogP contribution is 2.53. The zero-order valence-corrected chi connectivity index (χ0v) is 71.4. The molecule has 0 aromatic carbocycles. The van der Waals surface area contributed by atoms with Gasteiger partial charge in [-0.25, -0.2) is 0 Å². The van der Waals surface area contributed by atoms with Crippen molar-refractivity contribution < 1.29 is 66.7 Å². The summed E-state index contributed by atoms with van der Waals surface area (Å²) < 4.78 is 82.2. The Labute approximate surface area is 609 Å². The summed E-state index contributed by atoms with van der Waals surface area (Å²) >= 11 is 0. The fourth-order valence-corrected chi connectivity index (χ4v) is 18.5. The fraction of sp³-hybridized carbons (Fsp3) is 1.00. The number of ether oxygens (including phenoxy) is 13. The van der Waals surface area contributed by atoms with Gasteiger partial charge in [-0.05, 0) is 169 Å². The Morgan fingerprint density at radius 1 is 0.343 bits per heavy atom. The van der Waals surface area contributed by atoms with Crippen molar-refractivity contribution in [1.82, 2.24) is 4.90 Å². The Hall–Kier alpha value is -0.600. The van der Waals surface area contributed by atoms with E-state index in [2.05, 4.69) is 249 Å². The molecule has 8 aliphatic rings. The van der Waals surface area contributed by atoms with Gasteiger partial charge in [0.1, 0.15) is 6.10 Å². The fourth-order valence-electron chi connectivity index (χ4n) is 18.5. The number of rotatable bonds is 14. The highest BCUT2D eigenvalue weighted by molar-refractivity contribution is 5.03. The van der Waals surface area contributed by atoms with E-state index in [1.54, 1.807) is 7.11 Å². The van der Waals surface area contributed by atoms with Crippen LogP contribution in [0, 0.1) is 110 Å². The van der Waals surface area contributed by atoms with Crippen molar-refractivity contribution in [3.63, 3.8) is 0 Å². The number of nitrogens with zero attached hydrogens (tertiary/aromatic N) is 1. The number of aliphatic hydroxyl groups is 1. The predicted octanol–water partition coefficient (Wildman–Crippen LogP) is 18.2. The number of likely N-dealkylation sites (N-methyl/N-ethyl adjacent to an activating group) is 1. The van der Waals surface area contributed by atoms with Crippen LogP contribution < -0.4 is 0 Å². The molecular formula is C84H161NO14. The minimum absolute atomic E-state index is 0.0321. The van der Waals surface area contributed by atoms with Gasteiger partial charge in [0.2, 0.25) is 0 Å². The largest absolute Gasteiger partial charge is 0.389 e. The highest BCUT2D eigenvalue weighted by Gasteiger charge is 2.57. The molecule has 17 unspecified atom stereocenters. The van der Waals surface area contributed by atoms with Gasteiger partial charge < -0.3 is 71.6 Å². The van der Waals surface area contributed by atoms with Gasteiger partial charge in [0.15, 0.2) is 25.2 Å². The molecule has 0 bridgehead atoms. The lowest BCUT2D eigenvalue weighted by atomic mass is 9.66. The van der Waals surface area contributed by atoms with E-state index in [-0.39, 0.29) is 167 Å². The van der Waals surface area contributed by atoms with Gasteiger partial charge in [0, 0.05) is 37.7 Å². The Morgan fingerprint density at radius 2 is 0.687 bits per heavy atom. The molecule has 0 amide bonds. The third-order valence-electron chi connectivity index (χ3n) is 29.0. The summed E-state index contributed by atoms with van der Waals surface area (Å²) in [5.41, 5.74) is 0.428. The summed E-state index contributed by atoms with van der Waals surface area (Å²) in [7, 11) is 5.70. The first-order chi connectivity index (χ1) is 45.2. The van der Waals surface area contributed by atoms with Crippen LogP contribution in [0.2, 0.25) is 0 Å². The maximum absolute atomic E-state index is 10.9. The third kappa shape index (κ3) is 19.6. The molecule has 0 spiro atoms. The van der Waals surface area contributed by atoms with Crippen LogP contribution >= 0.6 is 0 Å². The van der Waals surface area contributed by atoms with Gasteiger partial charge in [-0.15, -0.1) is 0 Å². The van der Waals surface area contributed by atoms with E-state index in [0.29, 0.717) is 83.5 Å². The van der Waals surface area contributed by atoms with Gasteiger partial charge >= 0.3 is 0 Å². The molecule has 0 radical (unpaired) electrons. The molecule has 99 heavy (non-hydrogen) atoms. The zero-order chi connectivity index (χ0) is 76.0. The maximum atomic E-state index is 10.9. The lowest BCUT2D eigenvalue weighted by Gasteiger charge is -2.55. The average Bonchev–Trinajstić information content (AvgIpc) is 0.762. The van der Waals surface area contributed by atoms with Crippen LogP contribution in [0.3, 0.4) is 0 Å². The van der Waals surface area contributed by atoms with Crippen LogP contribution in [0.15, 0.2) is 0 Å². The normalized spacial score (nSPS) is 47.3. The van der Waals surface area contributed by atoms with Crippen molar-refractivity contribution in [2.75, 3.05) is 21.2 Å². The minimum atomic E-state index is -0.611. The summed E-state index contributed by atoms with van der Waals surface area (Å²) in [6.07, 6.45) is 1.60. The monoisotopic (exact) mass is 1410 g/mol. The topological polar surface area (TPSA) is 143 Å². The molecule has 1 N–H and O–H groups in total.